The number of hydrogen-bond donors (Lipinski definition) is 0. The third-order valence-electron chi connectivity index (χ3n) is 3.42. The van der Waals surface area contributed by atoms with E-state index in [9.17, 15) is 18.0 Å². The Morgan fingerprint density at radius 1 is 1.14 bits per heavy atom. The van der Waals surface area contributed by atoms with Crippen molar-refractivity contribution in [3.05, 3.63) is 64.7 Å². The van der Waals surface area contributed by atoms with E-state index in [0.29, 0.717) is 18.1 Å². The topological polar surface area (TPSA) is 44.8 Å². The van der Waals surface area contributed by atoms with Crippen molar-refractivity contribution in [2.75, 3.05) is 6.61 Å². The molecule has 4 nitrogen and oxygen atoms in total. The van der Waals surface area contributed by atoms with Crippen LogP contribution in [0.25, 0.3) is 0 Å². The van der Waals surface area contributed by atoms with Gasteiger partial charge in [0.05, 0.1) is 16.6 Å². The maximum atomic E-state index is 12.7. The Kier molecular flexibility index (Phi) is 7.51. The van der Waals surface area contributed by atoms with E-state index in [2.05, 4.69) is 15.9 Å². The van der Waals surface area contributed by atoms with Crippen LogP contribution >= 0.6 is 15.9 Å². The van der Waals surface area contributed by atoms with Crippen LogP contribution in [0, 0.1) is 0 Å². The summed E-state index contributed by atoms with van der Waals surface area (Å²) in [6, 6.07) is 9.73. The van der Waals surface area contributed by atoms with E-state index >= 15 is 0 Å². The first-order valence-electron chi connectivity index (χ1n) is 8.35. The van der Waals surface area contributed by atoms with E-state index in [0.717, 1.165) is 12.1 Å². The van der Waals surface area contributed by atoms with Crippen LogP contribution < -0.4 is 9.47 Å². The zero-order valence-corrected chi connectivity index (χ0v) is 16.7. The van der Waals surface area contributed by atoms with Crippen molar-refractivity contribution in [1.82, 2.24) is 0 Å². The summed E-state index contributed by atoms with van der Waals surface area (Å²) in [4.78, 5) is 11.3. The number of hydrogen-bond acceptors (Lipinski definition) is 4. The fourth-order valence-corrected chi connectivity index (χ4v) is 2.59. The van der Waals surface area contributed by atoms with Crippen molar-refractivity contribution in [1.29, 1.82) is 0 Å². The van der Waals surface area contributed by atoms with Crippen LogP contribution in [0.15, 0.2) is 59.1 Å². The van der Waals surface area contributed by atoms with Gasteiger partial charge in [0.25, 0.3) is 0 Å². The smallest absolute Gasteiger partial charge is 0.416 e. The predicted molar refractivity (Wildman–Crippen MR) is 102 cm³/mol. The van der Waals surface area contributed by atoms with Gasteiger partial charge in [-0.05, 0) is 78.3 Å². The average Bonchev–Trinajstić information content (AvgIpc) is 2.62. The largest absolute Gasteiger partial charge is 0.487 e. The standard InChI is InChI=1S/C20H18BrF3O4/c1-3-26-19(25)11-4-13(2)27-15-6-8-16(9-7-15)28-18-10-5-14(12-17(18)21)20(22,23)24/h4-13H,3H2,1-2H3/b11-4+. The molecule has 0 radical (unpaired) electrons. The van der Waals surface area contributed by atoms with Crippen LogP contribution in [0.5, 0.6) is 17.2 Å². The van der Waals surface area contributed by atoms with E-state index in [1.165, 1.54) is 12.1 Å². The summed E-state index contributed by atoms with van der Waals surface area (Å²) < 4.78 is 54.3. The Hall–Kier alpha value is -2.48. The summed E-state index contributed by atoms with van der Waals surface area (Å²) in [5.74, 6) is 0.790. The molecule has 0 saturated heterocycles. The van der Waals surface area contributed by atoms with E-state index in [-0.39, 0.29) is 16.3 Å². The summed E-state index contributed by atoms with van der Waals surface area (Å²) in [6.45, 7) is 3.78. The number of halogens is 4. The highest BCUT2D eigenvalue weighted by Crippen LogP contribution is 2.36. The quantitative estimate of drug-likeness (QED) is 0.368. The molecule has 1 atom stereocenters. The third kappa shape index (κ3) is 6.60. The zero-order chi connectivity index (χ0) is 20.7. The second kappa shape index (κ2) is 9.64. The van der Waals surface area contributed by atoms with Gasteiger partial charge in [0.2, 0.25) is 0 Å². The van der Waals surface area contributed by atoms with Crippen LogP contribution in [-0.4, -0.2) is 18.7 Å². The fourth-order valence-electron chi connectivity index (χ4n) is 2.13. The molecule has 150 valence electrons. The molecule has 28 heavy (non-hydrogen) atoms. The number of carbonyl (C=O) groups is 1. The SMILES string of the molecule is CCOC(=O)/C=C/C(C)Oc1ccc(Oc2ccc(C(F)(F)F)cc2Br)cc1. The number of rotatable bonds is 7. The maximum absolute atomic E-state index is 12.7. The zero-order valence-electron chi connectivity index (χ0n) is 15.1. The van der Waals surface area contributed by atoms with Crippen molar-refractivity contribution < 1.29 is 32.2 Å². The first kappa shape index (κ1) is 21.8. The lowest BCUT2D eigenvalue weighted by molar-refractivity contribution is -0.138. The number of alkyl halides is 3. The van der Waals surface area contributed by atoms with Gasteiger partial charge in [-0.3, -0.25) is 0 Å². The maximum Gasteiger partial charge on any atom is 0.416 e. The number of ether oxygens (including phenoxy) is 3. The highest BCUT2D eigenvalue weighted by Gasteiger charge is 2.31. The minimum Gasteiger partial charge on any atom is -0.487 e. The number of benzene rings is 2. The van der Waals surface area contributed by atoms with Crippen molar-refractivity contribution >= 4 is 21.9 Å². The molecule has 2 aromatic rings. The monoisotopic (exact) mass is 458 g/mol. The molecule has 8 heteroatoms. The van der Waals surface area contributed by atoms with Gasteiger partial charge >= 0.3 is 12.1 Å². The Balaban J connectivity index is 1.98. The van der Waals surface area contributed by atoms with E-state index in [4.69, 9.17) is 14.2 Å². The molecular formula is C20H18BrF3O4. The molecule has 0 bridgehead atoms. The molecule has 0 N–H and O–H groups in total. The lowest BCUT2D eigenvalue weighted by atomic mass is 10.2. The molecule has 0 aliphatic heterocycles. The van der Waals surface area contributed by atoms with Crippen molar-refractivity contribution in [3.63, 3.8) is 0 Å². The summed E-state index contributed by atoms with van der Waals surface area (Å²) in [6.07, 6.45) is -1.91. The van der Waals surface area contributed by atoms with Gasteiger partial charge < -0.3 is 14.2 Å². The number of carbonyl (C=O) groups excluding carboxylic acids is 1. The molecule has 0 amide bonds. The van der Waals surface area contributed by atoms with Crippen LogP contribution in [0.1, 0.15) is 19.4 Å². The summed E-state index contributed by atoms with van der Waals surface area (Å²) in [5.41, 5.74) is -0.764. The molecule has 0 heterocycles. The van der Waals surface area contributed by atoms with Crippen LogP contribution in [-0.2, 0) is 15.7 Å². The predicted octanol–water partition coefficient (Wildman–Crippen LogP) is 6.15. The summed E-state index contributed by atoms with van der Waals surface area (Å²) in [7, 11) is 0. The van der Waals surface area contributed by atoms with Crippen LogP contribution in [0.2, 0.25) is 0 Å². The van der Waals surface area contributed by atoms with Crippen molar-refractivity contribution in [3.8, 4) is 17.2 Å². The van der Waals surface area contributed by atoms with Gasteiger partial charge in [0, 0.05) is 6.08 Å². The fraction of sp³-hybridized carbons (Fsp3) is 0.250. The van der Waals surface area contributed by atoms with Gasteiger partial charge in [-0.2, -0.15) is 13.2 Å². The lowest BCUT2D eigenvalue weighted by Crippen LogP contribution is -2.09. The summed E-state index contributed by atoms with van der Waals surface area (Å²) >= 11 is 3.09. The van der Waals surface area contributed by atoms with Crippen molar-refractivity contribution in [2.45, 2.75) is 26.1 Å². The van der Waals surface area contributed by atoms with Gasteiger partial charge in [-0.15, -0.1) is 0 Å². The highest BCUT2D eigenvalue weighted by atomic mass is 79.9. The van der Waals surface area contributed by atoms with Crippen molar-refractivity contribution in [2.24, 2.45) is 0 Å². The van der Waals surface area contributed by atoms with E-state index in [1.807, 2.05) is 0 Å². The molecule has 2 aromatic carbocycles. The molecule has 0 saturated carbocycles. The van der Waals surface area contributed by atoms with Gasteiger partial charge in [0.15, 0.2) is 0 Å². The minimum absolute atomic E-state index is 0.195. The van der Waals surface area contributed by atoms with Gasteiger partial charge in [-0.25, -0.2) is 4.79 Å². The summed E-state index contributed by atoms with van der Waals surface area (Å²) in [5, 5.41) is 0. The van der Waals surface area contributed by atoms with E-state index in [1.54, 1.807) is 44.2 Å². The van der Waals surface area contributed by atoms with Crippen LogP contribution in [0.3, 0.4) is 0 Å². The Labute approximate surface area is 169 Å². The first-order chi connectivity index (χ1) is 13.2. The third-order valence-corrected chi connectivity index (χ3v) is 4.04. The molecule has 0 aliphatic carbocycles. The highest BCUT2D eigenvalue weighted by molar-refractivity contribution is 9.10. The molecule has 2 rings (SSSR count). The molecule has 0 fully saturated rings. The minimum atomic E-state index is -4.42. The molecule has 0 aromatic heterocycles. The normalized spacial score (nSPS) is 12.6. The van der Waals surface area contributed by atoms with Gasteiger partial charge in [-0.1, -0.05) is 0 Å². The molecule has 1 unspecified atom stereocenters. The Morgan fingerprint density at radius 2 is 1.79 bits per heavy atom. The second-order valence-electron chi connectivity index (χ2n) is 5.65. The van der Waals surface area contributed by atoms with Gasteiger partial charge in [0.1, 0.15) is 23.4 Å². The number of esters is 1. The Bertz CT molecular complexity index is 832. The lowest BCUT2D eigenvalue weighted by Gasteiger charge is -2.13. The second-order valence-corrected chi connectivity index (χ2v) is 6.50. The molecular weight excluding hydrogens is 441 g/mol. The Morgan fingerprint density at radius 3 is 2.36 bits per heavy atom. The average molecular weight is 459 g/mol. The molecule has 0 aliphatic rings. The van der Waals surface area contributed by atoms with E-state index < -0.39 is 17.7 Å². The van der Waals surface area contributed by atoms with Crippen LogP contribution in [0.4, 0.5) is 13.2 Å². The first-order valence-corrected chi connectivity index (χ1v) is 9.14. The molecule has 0 spiro atoms.